The monoisotopic (exact) mass is 294 g/mol. The van der Waals surface area contributed by atoms with Gasteiger partial charge in [-0.3, -0.25) is 4.79 Å². The third kappa shape index (κ3) is 1.53. The Morgan fingerprint density at radius 3 is 2.45 bits per heavy atom. The summed E-state index contributed by atoms with van der Waals surface area (Å²) in [6.07, 6.45) is 5.19. The van der Waals surface area contributed by atoms with E-state index in [0.29, 0.717) is 5.58 Å². The van der Waals surface area contributed by atoms with Crippen LogP contribution in [0, 0.1) is 0 Å². The SMILES string of the molecule is O=c1c2c(ccn1C13CCN(CC1)CC3)oc1ccccc12. The zero-order valence-electron chi connectivity index (χ0n) is 12.4. The summed E-state index contributed by atoms with van der Waals surface area (Å²) in [5, 5.41) is 1.67. The molecule has 0 spiro atoms. The van der Waals surface area contributed by atoms with Gasteiger partial charge in [0, 0.05) is 31.2 Å². The minimum atomic E-state index is 0.0123. The van der Waals surface area contributed by atoms with E-state index >= 15 is 0 Å². The van der Waals surface area contributed by atoms with Gasteiger partial charge in [-0.1, -0.05) is 18.2 Å². The highest BCUT2D eigenvalue weighted by Crippen LogP contribution is 2.38. The molecule has 0 amide bonds. The van der Waals surface area contributed by atoms with Crippen LogP contribution in [0.25, 0.3) is 21.9 Å². The number of hydrogen-bond donors (Lipinski definition) is 0. The lowest BCUT2D eigenvalue weighted by Crippen LogP contribution is -2.55. The molecule has 0 N–H and O–H groups in total. The van der Waals surface area contributed by atoms with E-state index in [9.17, 15) is 4.79 Å². The highest BCUT2D eigenvalue weighted by molar-refractivity contribution is 6.04. The number of fused-ring (bicyclic) bond motifs is 6. The molecule has 1 aromatic carbocycles. The molecule has 2 bridgehead atoms. The fraction of sp³-hybridized carbons (Fsp3) is 0.389. The number of rotatable bonds is 1. The summed E-state index contributed by atoms with van der Waals surface area (Å²) in [4.78, 5) is 15.7. The molecule has 2 aromatic heterocycles. The summed E-state index contributed by atoms with van der Waals surface area (Å²) in [6.45, 7) is 3.32. The molecule has 0 saturated carbocycles. The quantitative estimate of drug-likeness (QED) is 0.692. The van der Waals surface area contributed by atoms with Crippen LogP contribution in [0.3, 0.4) is 0 Å². The van der Waals surface area contributed by atoms with Gasteiger partial charge in [-0.05, 0) is 31.4 Å². The van der Waals surface area contributed by atoms with Gasteiger partial charge in [-0.2, -0.15) is 0 Å². The van der Waals surface area contributed by atoms with Crippen molar-refractivity contribution in [2.45, 2.75) is 24.8 Å². The van der Waals surface area contributed by atoms with Crippen molar-refractivity contribution in [1.82, 2.24) is 9.47 Å². The molecule has 0 unspecified atom stereocenters. The van der Waals surface area contributed by atoms with Gasteiger partial charge in [0.25, 0.3) is 5.56 Å². The summed E-state index contributed by atoms with van der Waals surface area (Å²) in [7, 11) is 0. The zero-order valence-corrected chi connectivity index (χ0v) is 12.4. The molecule has 3 fully saturated rings. The van der Waals surface area contributed by atoms with Crippen molar-refractivity contribution in [2.75, 3.05) is 19.6 Å². The van der Waals surface area contributed by atoms with E-state index in [2.05, 4.69) is 4.90 Å². The standard InChI is InChI=1S/C18H18N2O2/c21-17-16-13-3-1-2-4-14(13)22-15(16)5-9-20(17)18-6-10-19(11-7-18)12-8-18/h1-5,9H,6-8,10-12H2. The molecule has 4 nitrogen and oxygen atoms in total. The van der Waals surface area contributed by atoms with Crippen molar-refractivity contribution in [3.05, 3.63) is 46.9 Å². The third-order valence-electron chi connectivity index (χ3n) is 5.62. The fourth-order valence-electron chi connectivity index (χ4n) is 4.28. The topological polar surface area (TPSA) is 38.4 Å². The van der Waals surface area contributed by atoms with E-state index < -0.39 is 0 Å². The molecule has 3 aromatic rings. The van der Waals surface area contributed by atoms with Crippen LogP contribution in [0.2, 0.25) is 0 Å². The van der Waals surface area contributed by atoms with Gasteiger partial charge in [0.2, 0.25) is 0 Å². The maximum Gasteiger partial charge on any atom is 0.262 e. The number of para-hydroxylation sites is 1. The molecular weight excluding hydrogens is 276 g/mol. The van der Waals surface area contributed by atoms with Crippen LogP contribution >= 0.6 is 0 Å². The minimum absolute atomic E-state index is 0.0123. The lowest BCUT2D eigenvalue weighted by atomic mass is 9.79. The first-order valence-corrected chi connectivity index (χ1v) is 8.03. The first kappa shape index (κ1) is 12.5. The van der Waals surface area contributed by atoms with Crippen LogP contribution < -0.4 is 5.56 Å². The Hall–Kier alpha value is -2.07. The van der Waals surface area contributed by atoms with Crippen LogP contribution in [0.4, 0.5) is 0 Å². The van der Waals surface area contributed by atoms with Crippen LogP contribution in [0.5, 0.6) is 0 Å². The number of benzene rings is 1. The van der Waals surface area contributed by atoms with Crippen LogP contribution in [0.1, 0.15) is 19.3 Å². The average Bonchev–Trinajstić information content (AvgIpc) is 2.96. The number of nitrogens with zero attached hydrogens (tertiary/aromatic N) is 2. The molecule has 3 aliphatic heterocycles. The summed E-state index contributed by atoms with van der Waals surface area (Å²) in [6, 6.07) is 9.78. The lowest BCUT2D eigenvalue weighted by Gasteiger charge is -2.49. The Balaban J connectivity index is 1.80. The van der Waals surface area contributed by atoms with E-state index in [1.54, 1.807) is 0 Å². The van der Waals surface area contributed by atoms with Crippen LogP contribution in [-0.2, 0) is 5.54 Å². The lowest BCUT2D eigenvalue weighted by molar-refractivity contribution is 0.0329. The average molecular weight is 294 g/mol. The Labute approximate surface area is 127 Å². The Morgan fingerprint density at radius 2 is 1.68 bits per heavy atom. The summed E-state index contributed by atoms with van der Waals surface area (Å²) < 4.78 is 7.84. The van der Waals surface area contributed by atoms with Crippen molar-refractivity contribution >= 4 is 21.9 Å². The smallest absolute Gasteiger partial charge is 0.262 e. The summed E-state index contributed by atoms with van der Waals surface area (Å²) >= 11 is 0. The highest BCUT2D eigenvalue weighted by atomic mass is 16.3. The second kappa shape index (κ2) is 4.23. The molecular formula is C18H18N2O2. The molecule has 6 rings (SSSR count). The number of aromatic nitrogens is 1. The third-order valence-corrected chi connectivity index (χ3v) is 5.62. The number of piperidine rings is 3. The molecule has 3 aliphatic rings. The maximum absolute atomic E-state index is 13.2. The van der Waals surface area contributed by atoms with E-state index in [1.165, 1.54) is 0 Å². The Bertz CT molecular complexity index is 915. The van der Waals surface area contributed by atoms with E-state index in [0.717, 1.165) is 55.3 Å². The van der Waals surface area contributed by atoms with Crippen molar-refractivity contribution in [3.8, 4) is 0 Å². The molecule has 0 atom stereocenters. The molecule has 0 radical (unpaired) electrons. The molecule has 5 heterocycles. The van der Waals surface area contributed by atoms with Crippen molar-refractivity contribution in [1.29, 1.82) is 0 Å². The number of furan rings is 1. The van der Waals surface area contributed by atoms with E-state index in [4.69, 9.17) is 4.42 Å². The van der Waals surface area contributed by atoms with Crippen molar-refractivity contribution in [2.24, 2.45) is 0 Å². The van der Waals surface area contributed by atoms with Gasteiger partial charge in [-0.25, -0.2) is 0 Å². The predicted octanol–water partition coefficient (Wildman–Crippen LogP) is 2.94. The number of hydrogen-bond acceptors (Lipinski definition) is 3. The number of pyridine rings is 1. The Morgan fingerprint density at radius 1 is 0.955 bits per heavy atom. The van der Waals surface area contributed by atoms with E-state index in [1.807, 2.05) is 41.1 Å². The van der Waals surface area contributed by atoms with E-state index in [-0.39, 0.29) is 11.1 Å². The van der Waals surface area contributed by atoms with Crippen LogP contribution in [-0.4, -0.2) is 29.1 Å². The van der Waals surface area contributed by atoms with Gasteiger partial charge in [-0.15, -0.1) is 0 Å². The Kier molecular flexibility index (Phi) is 2.40. The van der Waals surface area contributed by atoms with Gasteiger partial charge in [0.15, 0.2) is 0 Å². The summed E-state index contributed by atoms with van der Waals surface area (Å²) in [5.74, 6) is 0. The first-order valence-electron chi connectivity index (χ1n) is 8.03. The van der Waals surface area contributed by atoms with Gasteiger partial charge >= 0.3 is 0 Å². The maximum atomic E-state index is 13.2. The van der Waals surface area contributed by atoms with Gasteiger partial charge in [0.05, 0.1) is 10.9 Å². The summed E-state index contributed by atoms with van der Waals surface area (Å²) in [5.41, 5.74) is 1.62. The molecule has 3 saturated heterocycles. The van der Waals surface area contributed by atoms with Crippen molar-refractivity contribution in [3.63, 3.8) is 0 Å². The van der Waals surface area contributed by atoms with Gasteiger partial charge in [0.1, 0.15) is 11.2 Å². The van der Waals surface area contributed by atoms with Gasteiger partial charge < -0.3 is 13.9 Å². The second-order valence-electron chi connectivity index (χ2n) is 6.64. The molecule has 0 aliphatic carbocycles. The molecule has 112 valence electrons. The fourth-order valence-corrected chi connectivity index (χ4v) is 4.28. The van der Waals surface area contributed by atoms with Crippen LogP contribution in [0.15, 0.2) is 45.7 Å². The molecule has 4 heteroatoms. The van der Waals surface area contributed by atoms with Crippen molar-refractivity contribution < 1.29 is 4.42 Å². The zero-order chi connectivity index (χ0) is 14.7. The highest BCUT2D eigenvalue weighted by Gasteiger charge is 2.41. The first-order chi connectivity index (χ1) is 10.8. The predicted molar refractivity (Wildman–Crippen MR) is 86.2 cm³/mol. The normalized spacial score (nSPS) is 27.7. The minimum Gasteiger partial charge on any atom is -0.456 e. The molecule has 22 heavy (non-hydrogen) atoms. The second-order valence-corrected chi connectivity index (χ2v) is 6.64. The largest absolute Gasteiger partial charge is 0.456 e.